The molecule has 1 aliphatic heterocycles. The van der Waals surface area contributed by atoms with Crippen LogP contribution in [-0.4, -0.2) is 47.4 Å². The first kappa shape index (κ1) is 15.5. The van der Waals surface area contributed by atoms with Crippen molar-refractivity contribution < 1.29 is 24.3 Å². The van der Waals surface area contributed by atoms with Gasteiger partial charge in [-0.25, -0.2) is 4.79 Å². The normalized spacial score (nSPS) is 25.6. The number of carbonyl (C=O) groups excluding carboxylic acids is 2. The number of ether oxygens (including phenoxy) is 1. The Balaban J connectivity index is 2.10. The first-order chi connectivity index (χ1) is 10.0. The second kappa shape index (κ2) is 6.69. The fourth-order valence-corrected chi connectivity index (χ4v) is 2.32. The van der Waals surface area contributed by atoms with Crippen LogP contribution in [0.1, 0.15) is 24.2 Å². The third-order valence-corrected chi connectivity index (χ3v) is 3.52. The van der Waals surface area contributed by atoms with E-state index >= 15 is 0 Å². The highest BCUT2D eigenvalue weighted by Crippen LogP contribution is 2.26. The monoisotopic (exact) mass is 293 g/mol. The SMILES string of the molecule is CCOC(=O)[C@@H]1C(C)C(O)CN1OC(=O)c1ccccc1. The molecule has 2 unspecified atom stereocenters. The Kier molecular flexibility index (Phi) is 4.93. The number of hydrogen-bond donors (Lipinski definition) is 1. The molecule has 1 N–H and O–H groups in total. The summed E-state index contributed by atoms with van der Waals surface area (Å²) in [6.07, 6.45) is -0.747. The van der Waals surface area contributed by atoms with E-state index < -0.39 is 24.1 Å². The summed E-state index contributed by atoms with van der Waals surface area (Å²) in [5.74, 6) is -1.43. The van der Waals surface area contributed by atoms with Crippen molar-refractivity contribution in [2.45, 2.75) is 26.0 Å². The minimum atomic E-state index is -0.785. The lowest BCUT2D eigenvalue weighted by molar-refractivity contribution is -0.170. The van der Waals surface area contributed by atoms with Crippen LogP contribution in [0, 0.1) is 5.92 Å². The average molecular weight is 293 g/mol. The third kappa shape index (κ3) is 3.40. The summed E-state index contributed by atoms with van der Waals surface area (Å²) >= 11 is 0. The van der Waals surface area contributed by atoms with E-state index in [1.807, 2.05) is 0 Å². The van der Waals surface area contributed by atoms with E-state index in [-0.39, 0.29) is 19.1 Å². The summed E-state index contributed by atoms with van der Waals surface area (Å²) in [7, 11) is 0. The van der Waals surface area contributed by atoms with E-state index in [1.54, 1.807) is 44.2 Å². The molecule has 1 aromatic carbocycles. The number of benzene rings is 1. The zero-order valence-electron chi connectivity index (χ0n) is 12.1. The highest BCUT2D eigenvalue weighted by Gasteiger charge is 2.46. The van der Waals surface area contributed by atoms with E-state index in [2.05, 4.69) is 0 Å². The summed E-state index contributed by atoms with van der Waals surface area (Å²) in [4.78, 5) is 29.3. The molecule has 1 fully saturated rings. The number of aliphatic hydroxyl groups is 1. The Labute approximate surface area is 123 Å². The van der Waals surface area contributed by atoms with Gasteiger partial charge in [0.1, 0.15) is 6.04 Å². The molecule has 0 aromatic heterocycles. The van der Waals surface area contributed by atoms with E-state index in [4.69, 9.17) is 9.57 Å². The van der Waals surface area contributed by atoms with Gasteiger partial charge in [0, 0.05) is 5.92 Å². The van der Waals surface area contributed by atoms with Crippen LogP contribution in [0.2, 0.25) is 0 Å². The van der Waals surface area contributed by atoms with Gasteiger partial charge >= 0.3 is 11.9 Å². The first-order valence-electron chi connectivity index (χ1n) is 6.93. The van der Waals surface area contributed by atoms with Crippen molar-refractivity contribution in [1.29, 1.82) is 0 Å². The molecule has 2 rings (SSSR count). The van der Waals surface area contributed by atoms with Crippen molar-refractivity contribution in [3.05, 3.63) is 35.9 Å². The van der Waals surface area contributed by atoms with Crippen LogP contribution in [-0.2, 0) is 14.4 Å². The van der Waals surface area contributed by atoms with Gasteiger partial charge in [-0.1, -0.05) is 25.1 Å². The van der Waals surface area contributed by atoms with Crippen molar-refractivity contribution in [1.82, 2.24) is 5.06 Å². The maximum absolute atomic E-state index is 12.0. The predicted octanol–water partition coefficient (Wildman–Crippen LogP) is 1.00. The highest BCUT2D eigenvalue weighted by molar-refractivity contribution is 5.89. The van der Waals surface area contributed by atoms with Gasteiger partial charge in [-0.05, 0) is 19.1 Å². The van der Waals surface area contributed by atoms with Crippen LogP contribution in [0.4, 0.5) is 0 Å². The summed E-state index contributed by atoms with van der Waals surface area (Å²) in [6, 6.07) is 7.70. The molecule has 0 amide bonds. The fraction of sp³-hybridized carbons (Fsp3) is 0.467. The zero-order chi connectivity index (χ0) is 15.4. The average Bonchev–Trinajstić information content (AvgIpc) is 2.75. The van der Waals surface area contributed by atoms with Crippen LogP contribution < -0.4 is 0 Å². The summed E-state index contributed by atoms with van der Waals surface area (Å²) in [6.45, 7) is 3.75. The topological polar surface area (TPSA) is 76.1 Å². The van der Waals surface area contributed by atoms with Gasteiger partial charge in [0.15, 0.2) is 0 Å². The van der Waals surface area contributed by atoms with Crippen molar-refractivity contribution in [3.8, 4) is 0 Å². The second-order valence-electron chi connectivity index (χ2n) is 4.97. The lowest BCUT2D eigenvalue weighted by Gasteiger charge is -2.23. The number of hydroxylamine groups is 2. The number of aliphatic hydroxyl groups excluding tert-OH is 1. The van der Waals surface area contributed by atoms with Crippen LogP contribution in [0.3, 0.4) is 0 Å². The first-order valence-corrected chi connectivity index (χ1v) is 6.93. The molecule has 0 spiro atoms. The van der Waals surface area contributed by atoms with Gasteiger partial charge < -0.3 is 14.7 Å². The maximum atomic E-state index is 12.0. The van der Waals surface area contributed by atoms with Crippen molar-refractivity contribution in [2.75, 3.05) is 13.2 Å². The third-order valence-electron chi connectivity index (χ3n) is 3.52. The Morgan fingerprint density at radius 3 is 2.62 bits per heavy atom. The Hall–Kier alpha value is -1.92. The standard InChI is InChI=1S/C15H19NO5/c1-3-20-15(19)13-10(2)12(17)9-16(13)21-14(18)11-7-5-4-6-8-11/h4-8,10,12-13,17H,3,9H2,1-2H3/t10?,12?,13-/m0/s1. The molecule has 1 heterocycles. The quantitative estimate of drug-likeness (QED) is 0.835. The molecule has 0 bridgehead atoms. The Morgan fingerprint density at radius 1 is 1.33 bits per heavy atom. The molecule has 0 radical (unpaired) electrons. The molecular weight excluding hydrogens is 274 g/mol. The van der Waals surface area contributed by atoms with Crippen molar-refractivity contribution in [3.63, 3.8) is 0 Å². The summed E-state index contributed by atoms with van der Waals surface area (Å²) in [5.41, 5.74) is 0.383. The molecule has 1 aromatic rings. The predicted molar refractivity (Wildman–Crippen MR) is 74.2 cm³/mol. The molecule has 1 aliphatic rings. The smallest absolute Gasteiger partial charge is 0.357 e. The maximum Gasteiger partial charge on any atom is 0.357 e. The van der Waals surface area contributed by atoms with Crippen LogP contribution in [0.15, 0.2) is 30.3 Å². The van der Waals surface area contributed by atoms with Crippen LogP contribution in [0.5, 0.6) is 0 Å². The van der Waals surface area contributed by atoms with E-state index in [9.17, 15) is 14.7 Å². The van der Waals surface area contributed by atoms with Crippen molar-refractivity contribution in [2.24, 2.45) is 5.92 Å². The number of β-amino-alcohol motifs (C(OH)–C–C–N with tert-alkyl or cyclic N) is 1. The molecule has 3 atom stereocenters. The number of hydrogen-bond acceptors (Lipinski definition) is 6. The van der Waals surface area contributed by atoms with E-state index in [0.717, 1.165) is 0 Å². The Morgan fingerprint density at radius 2 is 2.00 bits per heavy atom. The van der Waals surface area contributed by atoms with Gasteiger partial charge in [0.2, 0.25) is 0 Å². The highest BCUT2D eigenvalue weighted by atomic mass is 16.7. The van der Waals surface area contributed by atoms with E-state index in [0.29, 0.717) is 5.56 Å². The Bertz CT molecular complexity index is 504. The van der Waals surface area contributed by atoms with Gasteiger partial charge in [0.05, 0.1) is 24.8 Å². The molecular formula is C15H19NO5. The van der Waals surface area contributed by atoms with Gasteiger partial charge in [0.25, 0.3) is 0 Å². The summed E-state index contributed by atoms with van der Waals surface area (Å²) in [5, 5.41) is 11.1. The molecule has 114 valence electrons. The number of nitrogens with zero attached hydrogens (tertiary/aromatic N) is 1. The summed E-state index contributed by atoms with van der Waals surface area (Å²) < 4.78 is 4.98. The molecule has 0 saturated carbocycles. The van der Waals surface area contributed by atoms with Crippen LogP contribution >= 0.6 is 0 Å². The minimum absolute atomic E-state index is 0.0865. The zero-order valence-corrected chi connectivity index (χ0v) is 12.1. The van der Waals surface area contributed by atoms with Crippen molar-refractivity contribution >= 4 is 11.9 Å². The van der Waals surface area contributed by atoms with Gasteiger partial charge in [-0.3, -0.25) is 4.79 Å². The number of rotatable bonds is 4. The van der Waals surface area contributed by atoms with Crippen LogP contribution in [0.25, 0.3) is 0 Å². The van der Waals surface area contributed by atoms with Gasteiger partial charge in [-0.2, -0.15) is 0 Å². The lowest BCUT2D eigenvalue weighted by Crippen LogP contribution is -2.41. The number of carbonyl (C=O) groups is 2. The molecule has 6 heteroatoms. The second-order valence-corrected chi connectivity index (χ2v) is 4.97. The largest absolute Gasteiger partial charge is 0.465 e. The molecule has 21 heavy (non-hydrogen) atoms. The van der Waals surface area contributed by atoms with E-state index in [1.165, 1.54) is 5.06 Å². The molecule has 0 aliphatic carbocycles. The molecule has 1 saturated heterocycles. The fourth-order valence-electron chi connectivity index (χ4n) is 2.32. The number of esters is 1. The lowest BCUT2D eigenvalue weighted by atomic mass is 10.0. The minimum Gasteiger partial charge on any atom is -0.465 e. The molecule has 6 nitrogen and oxygen atoms in total. The van der Waals surface area contributed by atoms with Gasteiger partial charge in [-0.15, -0.1) is 5.06 Å².